The summed E-state index contributed by atoms with van der Waals surface area (Å²) in [5.41, 5.74) is 7.13. The zero-order chi connectivity index (χ0) is 13.8. The number of rotatable bonds is 4. The second kappa shape index (κ2) is 6.02. The molecule has 0 bridgehead atoms. The smallest absolute Gasteiger partial charge is 0.143 e. The standard InChI is InChI=1S/C14H23N5/c1-18-8-5-11(6-9-18)10-19(2)12-4-3-7-17-13(12)14(15)16/h3-4,7,11H,5-6,8-10H2,1-2H3,(H3,15,16). The van der Waals surface area contributed by atoms with Gasteiger partial charge in [0.25, 0.3) is 0 Å². The Morgan fingerprint density at radius 2 is 2.21 bits per heavy atom. The van der Waals surface area contributed by atoms with E-state index in [1.165, 1.54) is 25.9 Å². The van der Waals surface area contributed by atoms with Gasteiger partial charge in [-0.1, -0.05) is 0 Å². The number of nitrogens with one attached hydrogen (secondary N) is 1. The fourth-order valence-electron chi connectivity index (χ4n) is 2.64. The zero-order valence-corrected chi connectivity index (χ0v) is 11.8. The van der Waals surface area contributed by atoms with Crippen molar-refractivity contribution in [1.29, 1.82) is 5.41 Å². The molecule has 2 rings (SSSR count). The number of piperidine rings is 1. The van der Waals surface area contributed by atoms with Crippen molar-refractivity contribution in [3.05, 3.63) is 24.0 Å². The van der Waals surface area contributed by atoms with Crippen LogP contribution in [0.4, 0.5) is 5.69 Å². The van der Waals surface area contributed by atoms with Crippen molar-refractivity contribution in [1.82, 2.24) is 9.88 Å². The molecule has 3 N–H and O–H groups in total. The van der Waals surface area contributed by atoms with Gasteiger partial charge in [-0.3, -0.25) is 10.4 Å². The highest BCUT2D eigenvalue weighted by Crippen LogP contribution is 2.22. The van der Waals surface area contributed by atoms with E-state index in [0.29, 0.717) is 11.6 Å². The number of amidine groups is 1. The molecule has 0 unspecified atom stereocenters. The van der Waals surface area contributed by atoms with Crippen LogP contribution in [0.25, 0.3) is 0 Å². The van der Waals surface area contributed by atoms with Crippen LogP contribution in [0, 0.1) is 11.3 Å². The first-order valence-corrected chi connectivity index (χ1v) is 6.77. The molecule has 1 aromatic heterocycles. The van der Waals surface area contributed by atoms with E-state index in [9.17, 15) is 0 Å². The van der Waals surface area contributed by atoms with Crippen LogP contribution in [0.3, 0.4) is 0 Å². The third-order valence-corrected chi connectivity index (χ3v) is 3.82. The predicted octanol–water partition coefficient (Wildman–Crippen LogP) is 1.14. The van der Waals surface area contributed by atoms with E-state index in [2.05, 4.69) is 28.9 Å². The van der Waals surface area contributed by atoms with Crippen molar-refractivity contribution in [3.63, 3.8) is 0 Å². The Balaban J connectivity index is 2.03. The largest absolute Gasteiger partial charge is 0.382 e. The number of hydrogen-bond acceptors (Lipinski definition) is 4. The number of nitrogens with two attached hydrogens (primary N) is 1. The Morgan fingerprint density at radius 3 is 2.84 bits per heavy atom. The van der Waals surface area contributed by atoms with Crippen molar-refractivity contribution in [2.45, 2.75) is 12.8 Å². The van der Waals surface area contributed by atoms with Gasteiger partial charge in [-0.2, -0.15) is 0 Å². The van der Waals surface area contributed by atoms with Gasteiger partial charge in [0.2, 0.25) is 0 Å². The molecule has 0 saturated carbocycles. The lowest BCUT2D eigenvalue weighted by atomic mass is 9.96. The third-order valence-electron chi connectivity index (χ3n) is 3.82. The van der Waals surface area contributed by atoms with Crippen LogP contribution in [0.2, 0.25) is 0 Å². The lowest BCUT2D eigenvalue weighted by Crippen LogP contribution is -2.36. The lowest BCUT2D eigenvalue weighted by Gasteiger charge is -2.32. The quantitative estimate of drug-likeness (QED) is 0.630. The van der Waals surface area contributed by atoms with Gasteiger partial charge in [-0.25, -0.2) is 0 Å². The summed E-state index contributed by atoms with van der Waals surface area (Å²) in [7, 11) is 4.23. The fourth-order valence-corrected chi connectivity index (χ4v) is 2.64. The molecular formula is C14H23N5. The summed E-state index contributed by atoms with van der Waals surface area (Å²) >= 11 is 0. The number of pyridine rings is 1. The molecule has 1 aliphatic heterocycles. The Kier molecular flexibility index (Phi) is 4.37. The summed E-state index contributed by atoms with van der Waals surface area (Å²) in [6.45, 7) is 3.34. The van der Waals surface area contributed by atoms with E-state index in [0.717, 1.165) is 12.2 Å². The van der Waals surface area contributed by atoms with Crippen LogP contribution in [0.15, 0.2) is 18.3 Å². The van der Waals surface area contributed by atoms with Crippen molar-refractivity contribution >= 4 is 11.5 Å². The molecule has 104 valence electrons. The maximum Gasteiger partial charge on any atom is 0.143 e. The van der Waals surface area contributed by atoms with Crippen molar-refractivity contribution in [2.24, 2.45) is 11.7 Å². The van der Waals surface area contributed by atoms with Gasteiger partial charge < -0.3 is 15.5 Å². The minimum atomic E-state index is 0.0332. The fraction of sp³-hybridized carbons (Fsp3) is 0.571. The highest BCUT2D eigenvalue weighted by Gasteiger charge is 2.19. The van der Waals surface area contributed by atoms with Gasteiger partial charge in [0.1, 0.15) is 11.5 Å². The number of likely N-dealkylation sites (tertiary alicyclic amines) is 1. The van der Waals surface area contributed by atoms with E-state index in [-0.39, 0.29) is 5.84 Å². The molecule has 0 spiro atoms. The maximum absolute atomic E-state index is 7.60. The predicted molar refractivity (Wildman–Crippen MR) is 78.7 cm³/mol. The maximum atomic E-state index is 7.60. The Hall–Kier alpha value is -1.62. The molecule has 5 heteroatoms. The first-order valence-electron chi connectivity index (χ1n) is 6.77. The number of anilines is 1. The van der Waals surface area contributed by atoms with Gasteiger partial charge in [-0.15, -0.1) is 0 Å². The number of nitrogen functional groups attached to an aromatic ring is 1. The van der Waals surface area contributed by atoms with Gasteiger partial charge in [0.05, 0.1) is 5.69 Å². The molecule has 0 aromatic carbocycles. The Labute approximate surface area is 114 Å². The van der Waals surface area contributed by atoms with Crippen molar-refractivity contribution < 1.29 is 0 Å². The molecule has 1 fully saturated rings. The topological polar surface area (TPSA) is 69.2 Å². The van der Waals surface area contributed by atoms with E-state index in [1.54, 1.807) is 6.20 Å². The Bertz CT molecular complexity index is 437. The molecule has 0 amide bonds. The monoisotopic (exact) mass is 261 g/mol. The number of nitrogens with zero attached hydrogens (tertiary/aromatic N) is 3. The lowest BCUT2D eigenvalue weighted by molar-refractivity contribution is 0.222. The van der Waals surface area contributed by atoms with Crippen molar-refractivity contribution in [2.75, 3.05) is 38.6 Å². The van der Waals surface area contributed by atoms with Crippen LogP contribution in [-0.2, 0) is 0 Å². The van der Waals surface area contributed by atoms with Gasteiger partial charge in [-0.05, 0) is 51.0 Å². The molecule has 19 heavy (non-hydrogen) atoms. The SMILES string of the molecule is CN1CCC(CN(C)c2cccnc2C(=N)N)CC1. The first kappa shape index (κ1) is 13.8. The summed E-state index contributed by atoms with van der Waals surface area (Å²) in [6.07, 6.45) is 4.15. The molecule has 1 aliphatic rings. The summed E-state index contributed by atoms with van der Waals surface area (Å²) in [5, 5.41) is 7.60. The average molecular weight is 261 g/mol. The minimum Gasteiger partial charge on any atom is -0.382 e. The third kappa shape index (κ3) is 3.44. The van der Waals surface area contributed by atoms with Gasteiger partial charge in [0, 0.05) is 19.8 Å². The van der Waals surface area contributed by atoms with E-state index in [4.69, 9.17) is 11.1 Å². The minimum absolute atomic E-state index is 0.0332. The van der Waals surface area contributed by atoms with E-state index >= 15 is 0 Å². The first-order chi connectivity index (χ1) is 9.08. The molecule has 5 nitrogen and oxygen atoms in total. The van der Waals surface area contributed by atoms with Gasteiger partial charge >= 0.3 is 0 Å². The van der Waals surface area contributed by atoms with E-state index < -0.39 is 0 Å². The summed E-state index contributed by atoms with van der Waals surface area (Å²) < 4.78 is 0. The van der Waals surface area contributed by atoms with Crippen LogP contribution in [0.5, 0.6) is 0 Å². The highest BCUT2D eigenvalue weighted by molar-refractivity contribution is 5.98. The van der Waals surface area contributed by atoms with Crippen LogP contribution >= 0.6 is 0 Å². The Morgan fingerprint density at radius 1 is 1.53 bits per heavy atom. The summed E-state index contributed by atoms with van der Waals surface area (Å²) in [5.74, 6) is 0.743. The average Bonchev–Trinajstić information content (AvgIpc) is 2.41. The van der Waals surface area contributed by atoms with E-state index in [1.807, 2.05) is 12.1 Å². The molecule has 1 aromatic rings. The normalized spacial score (nSPS) is 17.4. The molecule has 0 radical (unpaired) electrons. The molecule has 1 saturated heterocycles. The second-order valence-electron chi connectivity index (χ2n) is 5.41. The molecule has 2 heterocycles. The zero-order valence-electron chi connectivity index (χ0n) is 11.8. The molecule has 0 aliphatic carbocycles. The summed E-state index contributed by atoms with van der Waals surface area (Å²) in [6, 6.07) is 3.88. The molecule has 0 atom stereocenters. The molecular weight excluding hydrogens is 238 g/mol. The highest BCUT2D eigenvalue weighted by atomic mass is 15.1. The number of aromatic nitrogens is 1. The number of hydrogen-bond donors (Lipinski definition) is 2. The van der Waals surface area contributed by atoms with Gasteiger partial charge in [0.15, 0.2) is 0 Å². The second-order valence-corrected chi connectivity index (χ2v) is 5.41. The van der Waals surface area contributed by atoms with Crippen LogP contribution in [0.1, 0.15) is 18.5 Å². The van der Waals surface area contributed by atoms with Crippen LogP contribution in [-0.4, -0.2) is 49.4 Å². The summed E-state index contributed by atoms with van der Waals surface area (Å²) in [4.78, 5) is 8.76. The van der Waals surface area contributed by atoms with Crippen LogP contribution < -0.4 is 10.6 Å². The van der Waals surface area contributed by atoms with Crippen molar-refractivity contribution in [3.8, 4) is 0 Å².